The van der Waals surface area contributed by atoms with Crippen molar-refractivity contribution in [3.63, 3.8) is 0 Å². The zero-order valence-electron chi connectivity index (χ0n) is 10.4. The van der Waals surface area contributed by atoms with Crippen LogP contribution < -0.4 is 0 Å². The second-order valence-corrected chi connectivity index (χ2v) is 5.25. The molecule has 1 fully saturated rings. The summed E-state index contributed by atoms with van der Waals surface area (Å²) in [5, 5.41) is 14.5. The van der Waals surface area contributed by atoms with Crippen molar-refractivity contribution in [1.82, 2.24) is 9.78 Å². The monoisotopic (exact) mass is 251 g/mol. The summed E-state index contributed by atoms with van der Waals surface area (Å²) in [7, 11) is 0. The molecule has 1 aliphatic rings. The first-order valence-corrected chi connectivity index (χ1v) is 6.63. The normalized spacial score (nSPS) is 25.3. The predicted octanol–water partition coefficient (Wildman–Crippen LogP) is 3.80. The van der Waals surface area contributed by atoms with Crippen LogP contribution in [0.4, 0.5) is 0 Å². The molecule has 3 nitrogen and oxygen atoms in total. The summed E-state index contributed by atoms with van der Waals surface area (Å²) >= 11 is 6.18. The van der Waals surface area contributed by atoms with Crippen molar-refractivity contribution in [1.29, 1.82) is 5.26 Å². The molecule has 0 aromatic carbocycles. The minimum atomic E-state index is 0.0755. The van der Waals surface area contributed by atoms with Gasteiger partial charge >= 0.3 is 0 Å². The van der Waals surface area contributed by atoms with Crippen LogP contribution in [0.2, 0.25) is 5.02 Å². The third-order valence-electron chi connectivity index (χ3n) is 3.70. The standard InChI is InChI=1S/C13H18ClN3/c1-9-13(14)10(2)17(16-9)12-7-5-3-4-6-11(12)8-15/h11-12H,3-7H2,1-2H3. The largest absolute Gasteiger partial charge is 0.264 e. The van der Waals surface area contributed by atoms with Gasteiger partial charge in [-0.15, -0.1) is 0 Å². The molecule has 17 heavy (non-hydrogen) atoms. The molecule has 2 unspecified atom stereocenters. The van der Waals surface area contributed by atoms with Gasteiger partial charge in [-0.3, -0.25) is 4.68 Å². The molecule has 2 rings (SSSR count). The number of aryl methyl sites for hydroxylation is 1. The van der Waals surface area contributed by atoms with E-state index in [1.807, 2.05) is 18.5 Å². The summed E-state index contributed by atoms with van der Waals surface area (Å²) in [6.45, 7) is 3.91. The van der Waals surface area contributed by atoms with Gasteiger partial charge in [0.15, 0.2) is 0 Å². The number of halogens is 1. The van der Waals surface area contributed by atoms with E-state index in [0.29, 0.717) is 0 Å². The van der Waals surface area contributed by atoms with Crippen molar-refractivity contribution < 1.29 is 0 Å². The van der Waals surface area contributed by atoms with Crippen molar-refractivity contribution in [3.05, 3.63) is 16.4 Å². The fourth-order valence-electron chi connectivity index (χ4n) is 2.70. The Hall–Kier alpha value is -1.01. The summed E-state index contributed by atoms with van der Waals surface area (Å²) in [6.07, 6.45) is 5.58. The fraction of sp³-hybridized carbons (Fsp3) is 0.692. The second-order valence-electron chi connectivity index (χ2n) is 4.87. The summed E-state index contributed by atoms with van der Waals surface area (Å²) < 4.78 is 1.98. The van der Waals surface area contributed by atoms with Gasteiger partial charge in [0, 0.05) is 0 Å². The van der Waals surface area contributed by atoms with E-state index in [2.05, 4.69) is 11.2 Å². The van der Waals surface area contributed by atoms with E-state index in [0.717, 1.165) is 35.7 Å². The Kier molecular flexibility index (Phi) is 3.73. The third kappa shape index (κ3) is 2.32. The number of rotatable bonds is 1. The van der Waals surface area contributed by atoms with E-state index in [9.17, 15) is 5.26 Å². The molecule has 1 heterocycles. The van der Waals surface area contributed by atoms with Gasteiger partial charge in [-0.1, -0.05) is 30.9 Å². The average molecular weight is 252 g/mol. The van der Waals surface area contributed by atoms with Crippen LogP contribution in [0.1, 0.15) is 49.5 Å². The average Bonchev–Trinajstić information content (AvgIpc) is 2.55. The van der Waals surface area contributed by atoms with Gasteiger partial charge in [-0.25, -0.2) is 0 Å². The number of nitrogens with zero attached hydrogens (tertiary/aromatic N) is 3. The van der Waals surface area contributed by atoms with Crippen molar-refractivity contribution in [2.45, 2.75) is 52.0 Å². The van der Waals surface area contributed by atoms with Gasteiger partial charge in [-0.05, 0) is 26.7 Å². The van der Waals surface area contributed by atoms with E-state index >= 15 is 0 Å². The molecule has 1 aromatic rings. The molecule has 0 N–H and O–H groups in total. The lowest BCUT2D eigenvalue weighted by Crippen LogP contribution is -2.19. The highest BCUT2D eigenvalue weighted by molar-refractivity contribution is 6.31. The van der Waals surface area contributed by atoms with E-state index in [1.165, 1.54) is 12.8 Å². The quantitative estimate of drug-likeness (QED) is 0.713. The van der Waals surface area contributed by atoms with E-state index in [-0.39, 0.29) is 12.0 Å². The molecule has 4 heteroatoms. The van der Waals surface area contributed by atoms with Crippen molar-refractivity contribution in [2.24, 2.45) is 5.92 Å². The first kappa shape index (κ1) is 12.4. The molecule has 1 aliphatic carbocycles. The first-order chi connectivity index (χ1) is 8.15. The Bertz CT molecular complexity index is 444. The first-order valence-electron chi connectivity index (χ1n) is 6.26. The number of nitriles is 1. The minimum Gasteiger partial charge on any atom is -0.264 e. The van der Waals surface area contributed by atoms with Crippen LogP contribution in [-0.4, -0.2) is 9.78 Å². The summed E-state index contributed by atoms with van der Waals surface area (Å²) in [5.74, 6) is 0.0755. The Labute approximate surface area is 107 Å². The SMILES string of the molecule is Cc1nn(C2CCCCCC2C#N)c(C)c1Cl. The van der Waals surface area contributed by atoms with Gasteiger partial charge in [0.05, 0.1) is 34.4 Å². The Morgan fingerprint density at radius 3 is 2.59 bits per heavy atom. The lowest BCUT2D eigenvalue weighted by atomic mass is 9.96. The topological polar surface area (TPSA) is 41.6 Å². The predicted molar refractivity (Wildman–Crippen MR) is 67.9 cm³/mol. The van der Waals surface area contributed by atoms with E-state index in [1.54, 1.807) is 0 Å². The summed E-state index contributed by atoms with van der Waals surface area (Å²) in [6, 6.07) is 2.65. The minimum absolute atomic E-state index is 0.0755. The van der Waals surface area contributed by atoms with Crippen LogP contribution in [0, 0.1) is 31.1 Å². The van der Waals surface area contributed by atoms with Gasteiger partial charge in [-0.2, -0.15) is 10.4 Å². The van der Waals surface area contributed by atoms with Gasteiger partial charge in [0.1, 0.15) is 0 Å². The maximum atomic E-state index is 9.29. The van der Waals surface area contributed by atoms with Crippen molar-refractivity contribution >= 4 is 11.6 Å². The van der Waals surface area contributed by atoms with Crippen LogP contribution in [0.5, 0.6) is 0 Å². The summed E-state index contributed by atoms with van der Waals surface area (Å²) in [5.41, 5.74) is 1.86. The highest BCUT2D eigenvalue weighted by Crippen LogP contribution is 2.34. The third-order valence-corrected chi connectivity index (χ3v) is 4.24. The van der Waals surface area contributed by atoms with E-state index < -0.39 is 0 Å². The van der Waals surface area contributed by atoms with Crippen LogP contribution >= 0.6 is 11.6 Å². The van der Waals surface area contributed by atoms with Crippen LogP contribution in [0.15, 0.2) is 0 Å². The molecule has 0 saturated heterocycles. The van der Waals surface area contributed by atoms with Gasteiger partial charge in [0.25, 0.3) is 0 Å². The van der Waals surface area contributed by atoms with Crippen molar-refractivity contribution in [2.75, 3.05) is 0 Å². The highest BCUT2D eigenvalue weighted by atomic mass is 35.5. The Balaban J connectivity index is 2.35. The van der Waals surface area contributed by atoms with Crippen LogP contribution in [-0.2, 0) is 0 Å². The molecule has 2 atom stereocenters. The lowest BCUT2D eigenvalue weighted by Gasteiger charge is -2.21. The lowest BCUT2D eigenvalue weighted by molar-refractivity contribution is 0.337. The van der Waals surface area contributed by atoms with Crippen LogP contribution in [0.3, 0.4) is 0 Å². The highest BCUT2D eigenvalue weighted by Gasteiger charge is 2.27. The fourth-order valence-corrected chi connectivity index (χ4v) is 2.82. The number of hydrogen-bond donors (Lipinski definition) is 0. The number of hydrogen-bond acceptors (Lipinski definition) is 2. The molecule has 1 saturated carbocycles. The molecule has 0 aliphatic heterocycles. The van der Waals surface area contributed by atoms with Crippen molar-refractivity contribution in [3.8, 4) is 6.07 Å². The maximum Gasteiger partial charge on any atom is 0.0844 e. The smallest absolute Gasteiger partial charge is 0.0844 e. The van der Waals surface area contributed by atoms with Gasteiger partial charge < -0.3 is 0 Å². The molecule has 0 amide bonds. The molecule has 0 spiro atoms. The molecule has 1 aromatic heterocycles. The molecular formula is C13H18ClN3. The Morgan fingerprint density at radius 1 is 1.29 bits per heavy atom. The second kappa shape index (κ2) is 5.10. The molecule has 0 radical (unpaired) electrons. The zero-order chi connectivity index (χ0) is 12.4. The van der Waals surface area contributed by atoms with Crippen LogP contribution in [0.25, 0.3) is 0 Å². The molecule has 92 valence electrons. The van der Waals surface area contributed by atoms with Gasteiger partial charge in [0.2, 0.25) is 0 Å². The van der Waals surface area contributed by atoms with E-state index in [4.69, 9.17) is 11.6 Å². The molecule has 0 bridgehead atoms. The maximum absolute atomic E-state index is 9.29. The zero-order valence-corrected chi connectivity index (χ0v) is 11.2. The number of aromatic nitrogens is 2. The Morgan fingerprint density at radius 2 is 2.00 bits per heavy atom. The molecular weight excluding hydrogens is 234 g/mol. The summed E-state index contributed by atoms with van der Waals surface area (Å²) in [4.78, 5) is 0.